The molecule has 0 aliphatic rings. The van der Waals surface area contributed by atoms with Gasteiger partial charge in [0.25, 0.3) is 15.9 Å². The largest absolute Gasteiger partial charge is 0.497 e. The van der Waals surface area contributed by atoms with E-state index in [1.807, 2.05) is 24.3 Å². The van der Waals surface area contributed by atoms with Crippen LogP contribution in [0.25, 0.3) is 0 Å². The first-order valence-electron chi connectivity index (χ1n) is 8.05. The Morgan fingerprint density at radius 3 is 2.52 bits per heavy atom. The van der Waals surface area contributed by atoms with Gasteiger partial charge in [-0.15, -0.1) is 11.3 Å². The predicted molar refractivity (Wildman–Crippen MR) is 106 cm³/mol. The van der Waals surface area contributed by atoms with Gasteiger partial charge in [-0.1, -0.05) is 18.2 Å². The van der Waals surface area contributed by atoms with Gasteiger partial charge in [-0.25, -0.2) is 8.42 Å². The highest BCUT2D eigenvalue weighted by Crippen LogP contribution is 2.20. The second-order valence-corrected chi connectivity index (χ2v) is 8.51. The number of carbonyl (C=O) groups excluding carboxylic acids is 1. The Morgan fingerprint density at radius 1 is 1.07 bits per heavy atom. The van der Waals surface area contributed by atoms with Crippen LogP contribution < -0.4 is 14.8 Å². The molecule has 8 heteroatoms. The van der Waals surface area contributed by atoms with Crippen molar-refractivity contribution in [3.63, 3.8) is 0 Å². The molecule has 140 valence electrons. The van der Waals surface area contributed by atoms with Crippen molar-refractivity contribution < 1.29 is 17.9 Å². The van der Waals surface area contributed by atoms with E-state index in [0.29, 0.717) is 17.8 Å². The van der Waals surface area contributed by atoms with E-state index in [0.717, 1.165) is 22.6 Å². The molecule has 3 aromatic rings. The number of anilines is 1. The third-order valence-electron chi connectivity index (χ3n) is 3.75. The zero-order chi connectivity index (χ0) is 19.3. The summed E-state index contributed by atoms with van der Waals surface area (Å²) in [5, 5.41) is 4.52. The molecule has 2 N–H and O–H groups in total. The van der Waals surface area contributed by atoms with Gasteiger partial charge < -0.3 is 10.1 Å². The smallest absolute Gasteiger partial charge is 0.271 e. The highest BCUT2D eigenvalue weighted by molar-refractivity contribution is 7.94. The summed E-state index contributed by atoms with van der Waals surface area (Å²) in [4.78, 5) is 12.3. The number of carbonyl (C=O) groups is 1. The Morgan fingerprint density at radius 2 is 1.85 bits per heavy atom. The summed E-state index contributed by atoms with van der Waals surface area (Å²) in [5.41, 5.74) is 1.76. The van der Waals surface area contributed by atoms with Crippen molar-refractivity contribution in [2.24, 2.45) is 0 Å². The zero-order valence-corrected chi connectivity index (χ0v) is 16.1. The van der Waals surface area contributed by atoms with Crippen LogP contribution in [0.2, 0.25) is 0 Å². The van der Waals surface area contributed by atoms with E-state index in [4.69, 9.17) is 4.74 Å². The van der Waals surface area contributed by atoms with Crippen molar-refractivity contribution in [1.82, 2.24) is 5.32 Å². The van der Waals surface area contributed by atoms with Crippen LogP contribution >= 0.6 is 11.3 Å². The Labute approximate surface area is 161 Å². The standard InChI is InChI=1S/C19H18N2O4S2/c1-25-17-5-2-4-14(12-17)13-20-19(22)15-7-9-16(10-8-15)21-27(23,24)18-6-3-11-26-18/h2-12,21H,13H2,1H3,(H,20,22). The molecule has 0 saturated heterocycles. The minimum atomic E-state index is -3.60. The van der Waals surface area contributed by atoms with Crippen LogP contribution in [0.4, 0.5) is 5.69 Å². The fourth-order valence-electron chi connectivity index (χ4n) is 2.38. The van der Waals surface area contributed by atoms with Crippen LogP contribution in [0.1, 0.15) is 15.9 Å². The Hall–Kier alpha value is -2.84. The summed E-state index contributed by atoms with van der Waals surface area (Å²) < 4.78 is 32.3. The molecule has 0 radical (unpaired) electrons. The lowest BCUT2D eigenvalue weighted by Gasteiger charge is -2.09. The van der Waals surface area contributed by atoms with Crippen molar-refractivity contribution >= 4 is 33.0 Å². The molecular weight excluding hydrogens is 384 g/mol. The molecule has 1 amide bonds. The molecule has 3 rings (SSSR count). The number of ether oxygens (including phenoxy) is 1. The number of hydrogen-bond donors (Lipinski definition) is 2. The number of amides is 1. The SMILES string of the molecule is COc1cccc(CNC(=O)c2ccc(NS(=O)(=O)c3cccs3)cc2)c1. The lowest BCUT2D eigenvalue weighted by Crippen LogP contribution is -2.22. The highest BCUT2D eigenvalue weighted by atomic mass is 32.2. The molecular formula is C19H18N2O4S2. The maximum atomic E-state index is 12.3. The number of hydrogen-bond acceptors (Lipinski definition) is 5. The number of methoxy groups -OCH3 is 1. The van der Waals surface area contributed by atoms with Gasteiger partial charge in [0.15, 0.2) is 0 Å². The monoisotopic (exact) mass is 402 g/mol. The van der Waals surface area contributed by atoms with Crippen molar-refractivity contribution in [3.8, 4) is 5.75 Å². The molecule has 2 aromatic carbocycles. The maximum Gasteiger partial charge on any atom is 0.271 e. The van der Waals surface area contributed by atoms with Crippen LogP contribution in [-0.2, 0) is 16.6 Å². The second kappa shape index (κ2) is 8.24. The van der Waals surface area contributed by atoms with E-state index in [9.17, 15) is 13.2 Å². The topological polar surface area (TPSA) is 84.5 Å². The first-order chi connectivity index (χ1) is 13.0. The first kappa shape index (κ1) is 18.9. The summed E-state index contributed by atoms with van der Waals surface area (Å²) >= 11 is 1.14. The molecule has 0 saturated carbocycles. The Kier molecular flexibility index (Phi) is 5.78. The van der Waals surface area contributed by atoms with Gasteiger partial charge in [0, 0.05) is 17.8 Å². The molecule has 0 atom stereocenters. The average Bonchev–Trinajstić information content (AvgIpc) is 3.22. The molecule has 1 heterocycles. The molecule has 0 fully saturated rings. The van der Waals surface area contributed by atoms with Crippen LogP contribution in [0, 0.1) is 0 Å². The van der Waals surface area contributed by atoms with Crippen LogP contribution in [0.5, 0.6) is 5.75 Å². The van der Waals surface area contributed by atoms with Crippen LogP contribution in [0.3, 0.4) is 0 Å². The highest BCUT2D eigenvalue weighted by Gasteiger charge is 2.15. The summed E-state index contributed by atoms with van der Waals surface area (Å²) in [5.74, 6) is 0.481. The lowest BCUT2D eigenvalue weighted by molar-refractivity contribution is 0.0951. The minimum Gasteiger partial charge on any atom is -0.497 e. The molecule has 0 aliphatic carbocycles. The third kappa shape index (κ3) is 4.87. The number of rotatable bonds is 7. The van der Waals surface area contributed by atoms with Gasteiger partial charge >= 0.3 is 0 Å². The van der Waals surface area contributed by atoms with Gasteiger partial charge in [0.2, 0.25) is 0 Å². The lowest BCUT2D eigenvalue weighted by atomic mass is 10.1. The zero-order valence-electron chi connectivity index (χ0n) is 14.5. The van der Waals surface area contributed by atoms with E-state index < -0.39 is 10.0 Å². The van der Waals surface area contributed by atoms with E-state index in [-0.39, 0.29) is 10.1 Å². The predicted octanol–water partition coefficient (Wildman–Crippen LogP) is 3.49. The van der Waals surface area contributed by atoms with E-state index in [2.05, 4.69) is 10.0 Å². The van der Waals surface area contributed by atoms with Crippen LogP contribution in [-0.4, -0.2) is 21.4 Å². The van der Waals surface area contributed by atoms with Gasteiger partial charge in [-0.2, -0.15) is 0 Å². The molecule has 0 aliphatic heterocycles. The number of sulfonamides is 1. The van der Waals surface area contributed by atoms with Gasteiger partial charge in [-0.3, -0.25) is 9.52 Å². The van der Waals surface area contributed by atoms with Crippen molar-refractivity contribution in [3.05, 3.63) is 77.2 Å². The molecule has 1 aromatic heterocycles. The van der Waals surface area contributed by atoms with Gasteiger partial charge in [0.1, 0.15) is 9.96 Å². The number of nitrogens with one attached hydrogen (secondary N) is 2. The van der Waals surface area contributed by atoms with Gasteiger partial charge in [-0.05, 0) is 53.4 Å². The van der Waals surface area contributed by atoms with Gasteiger partial charge in [0.05, 0.1) is 7.11 Å². The molecule has 0 unspecified atom stereocenters. The third-order valence-corrected chi connectivity index (χ3v) is 6.53. The summed E-state index contributed by atoms with van der Waals surface area (Å²) in [6.07, 6.45) is 0. The van der Waals surface area contributed by atoms with Crippen LogP contribution in [0.15, 0.2) is 70.3 Å². The quantitative estimate of drug-likeness (QED) is 0.634. The molecule has 6 nitrogen and oxygen atoms in total. The van der Waals surface area contributed by atoms with Crippen molar-refractivity contribution in [1.29, 1.82) is 0 Å². The minimum absolute atomic E-state index is 0.239. The second-order valence-electron chi connectivity index (χ2n) is 5.65. The normalized spacial score (nSPS) is 11.0. The Balaban J connectivity index is 1.62. The Bertz CT molecular complexity index is 1010. The van der Waals surface area contributed by atoms with Crippen molar-refractivity contribution in [2.45, 2.75) is 10.8 Å². The van der Waals surface area contributed by atoms with Crippen molar-refractivity contribution in [2.75, 3.05) is 11.8 Å². The number of benzene rings is 2. The average molecular weight is 402 g/mol. The summed E-state index contributed by atoms with van der Waals surface area (Å²) in [6, 6.07) is 16.9. The van der Waals surface area contributed by atoms with E-state index in [1.54, 1.807) is 42.8 Å². The molecule has 0 bridgehead atoms. The summed E-state index contributed by atoms with van der Waals surface area (Å²) in [7, 11) is -2.01. The van der Waals surface area contributed by atoms with E-state index >= 15 is 0 Å². The van der Waals surface area contributed by atoms with E-state index in [1.165, 1.54) is 6.07 Å². The fourth-order valence-corrected chi connectivity index (χ4v) is 4.43. The molecule has 27 heavy (non-hydrogen) atoms. The summed E-state index contributed by atoms with van der Waals surface area (Å²) in [6.45, 7) is 0.364. The fraction of sp³-hybridized carbons (Fsp3) is 0.105. The maximum absolute atomic E-state index is 12.3. The molecule has 0 spiro atoms. The first-order valence-corrected chi connectivity index (χ1v) is 10.4. The number of thiophene rings is 1.